The maximum atomic E-state index is 12.7. The molecule has 6 nitrogen and oxygen atoms in total. The molecule has 0 saturated carbocycles. The lowest BCUT2D eigenvalue weighted by Crippen LogP contribution is -2.16. The standard InChI is InChI=1S/C21H22N4O2/c1-13-8-7-9-14(2)20(13)25-21(26)17-12-19(23-15(3)22-17)24-16-10-5-6-11-18(16)27-4/h5-12H,1-4H3,(H,25,26)(H,22,23,24). The third-order valence-corrected chi connectivity index (χ3v) is 4.16. The summed E-state index contributed by atoms with van der Waals surface area (Å²) in [6, 6.07) is 15.0. The Morgan fingerprint density at radius 2 is 1.67 bits per heavy atom. The molecule has 0 atom stereocenters. The van der Waals surface area contributed by atoms with Gasteiger partial charge in [0.15, 0.2) is 0 Å². The van der Waals surface area contributed by atoms with Gasteiger partial charge in [0.05, 0.1) is 12.8 Å². The van der Waals surface area contributed by atoms with Crippen LogP contribution in [0.3, 0.4) is 0 Å². The van der Waals surface area contributed by atoms with Crippen LogP contribution in [0.4, 0.5) is 17.2 Å². The number of methoxy groups -OCH3 is 1. The molecule has 6 heteroatoms. The van der Waals surface area contributed by atoms with Gasteiger partial charge in [-0.15, -0.1) is 0 Å². The van der Waals surface area contributed by atoms with Crippen LogP contribution in [0.5, 0.6) is 5.75 Å². The highest BCUT2D eigenvalue weighted by Gasteiger charge is 2.14. The first-order valence-corrected chi connectivity index (χ1v) is 8.61. The second-order valence-corrected chi connectivity index (χ2v) is 6.23. The van der Waals surface area contributed by atoms with E-state index in [9.17, 15) is 4.79 Å². The van der Waals surface area contributed by atoms with E-state index < -0.39 is 0 Å². The zero-order chi connectivity index (χ0) is 19.4. The molecule has 2 N–H and O–H groups in total. The second kappa shape index (κ2) is 7.86. The summed E-state index contributed by atoms with van der Waals surface area (Å²) in [4.78, 5) is 21.4. The van der Waals surface area contributed by atoms with Gasteiger partial charge in [-0.2, -0.15) is 0 Å². The van der Waals surface area contributed by atoms with E-state index in [1.54, 1.807) is 20.1 Å². The van der Waals surface area contributed by atoms with E-state index in [-0.39, 0.29) is 5.91 Å². The number of hydrogen-bond donors (Lipinski definition) is 2. The third kappa shape index (κ3) is 4.23. The monoisotopic (exact) mass is 362 g/mol. The first kappa shape index (κ1) is 18.4. The molecule has 138 valence electrons. The van der Waals surface area contributed by atoms with Gasteiger partial charge in [0, 0.05) is 11.8 Å². The van der Waals surface area contributed by atoms with Crippen molar-refractivity contribution in [2.24, 2.45) is 0 Å². The SMILES string of the molecule is COc1ccccc1Nc1cc(C(=O)Nc2c(C)cccc2C)nc(C)n1. The van der Waals surface area contributed by atoms with Crippen LogP contribution in [-0.4, -0.2) is 23.0 Å². The molecule has 0 saturated heterocycles. The van der Waals surface area contributed by atoms with Crippen LogP contribution in [-0.2, 0) is 0 Å². The summed E-state index contributed by atoms with van der Waals surface area (Å²) in [5.41, 5.74) is 3.86. The first-order valence-electron chi connectivity index (χ1n) is 8.61. The minimum atomic E-state index is -0.277. The summed E-state index contributed by atoms with van der Waals surface area (Å²) >= 11 is 0. The van der Waals surface area contributed by atoms with Gasteiger partial charge >= 0.3 is 0 Å². The number of ether oxygens (including phenoxy) is 1. The lowest BCUT2D eigenvalue weighted by atomic mass is 10.1. The Labute approximate surface area is 158 Å². The van der Waals surface area contributed by atoms with Gasteiger partial charge in [0.25, 0.3) is 5.91 Å². The molecule has 3 aromatic rings. The van der Waals surface area contributed by atoms with Crippen LogP contribution >= 0.6 is 0 Å². The zero-order valence-electron chi connectivity index (χ0n) is 15.8. The van der Waals surface area contributed by atoms with E-state index in [4.69, 9.17) is 4.74 Å². The maximum Gasteiger partial charge on any atom is 0.274 e. The molecular weight excluding hydrogens is 340 g/mol. The second-order valence-electron chi connectivity index (χ2n) is 6.23. The van der Waals surface area contributed by atoms with E-state index in [2.05, 4.69) is 20.6 Å². The van der Waals surface area contributed by atoms with Gasteiger partial charge in [-0.05, 0) is 44.0 Å². The van der Waals surface area contributed by atoms with Crippen LogP contribution in [0.2, 0.25) is 0 Å². The number of anilines is 3. The summed E-state index contributed by atoms with van der Waals surface area (Å²) in [5.74, 6) is 1.44. The number of hydrogen-bond acceptors (Lipinski definition) is 5. The van der Waals surface area contributed by atoms with Crippen molar-refractivity contribution in [2.45, 2.75) is 20.8 Å². The van der Waals surface area contributed by atoms with Crippen molar-refractivity contribution < 1.29 is 9.53 Å². The average Bonchev–Trinajstić information content (AvgIpc) is 2.64. The van der Waals surface area contributed by atoms with Crippen molar-refractivity contribution in [1.82, 2.24) is 9.97 Å². The van der Waals surface area contributed by atoms with Crippen LogP contribution in [0.25, 0.3) is 0 Å². The summed E-state index contributed by atoms with van der Waals surface area (Å²) in [7, 11) is 1.61. The van der Waals surface area contributed by atoms with Crippen molar-refractivity contribution in [3.05, 3.63) is 71.2 Å². The summed E-state index contributed by atoms with van der Waals surface area (Å²) < 4.78 is 5.35. The van der Waals surface area contributed by atoms with Crippen LogP contribution < -0.4 is 15.4 Å². The zero-order valence-corrected chi connectivity index (χ0v) is 15.8. The molecule has 3 rings (SSSR count). The largest absolute Gasteiger partial charge is 0.495 e. The highest BCUT2D eigenvalue weighted by atomic mass is 16.5. The summed E-state index contributed by atoms with van der Waals surface area (Å²) in [6.07, 6.45) is 0. The number of para-hydroxylation sites is 3. The first-order chi connectivity index (χ1) is 13.0. The smallest absolute Gasteiger partial charge is 0.274 e. The Balaban J connectivity index is 1.88. The van der Waals surface area contributed by atoms with Crippen molar-refractivity contribution >= 4 is 23.1 Å². The van der Waals surface area contributed by atoms with Crippen LogP contribution in [0, 0.1) is 20.8 Å². The number of amides is 1. The summed E-state index contributed by atoms with van der Waals surface area (Å²) in [6.45, 7) is 5.67. The van der Waals surface area contributed by atoms with Crippen molar-refractivity contribution in [1.29, 1.82) is 0 Å². The molecule has 27 heavy (non-hydrogen) atoms. The average molecular weight is 362 g/mol. The number of aryl methyl sites for hydroxylation is 3. The predicted molar refractivity (Wildman–Crippen MR) is 107 cm³/mol. The van der Waals surface area contributed by atoms with Gasteiger partial charge in [-0.25, -0.2) is 9.97 Å². The van der Waals surface area contributed by atoms with E-state index in [1.807, 2.05) is 56.3 Å². The molecule has 0 aliphatic carbocycles. The van der Waals surface area contributed by atoms with Gasteiger partial charge in [0.1, 0.15) is 23.1 Å². The van der Waals surface area contributed by atoms with Gasteiger partial charge in [0.2, 0.25) is 0 Å². The van der Waals surface area contributed by atoms with Crippen molar-refractivity contribution in [3.8, 4) is 5.75 Å². The highest BCUT2D eigenvalue weighted by molar-refractivity contribution is 6.04. The fourth-order valence-electron chi connectivity index (χ4n) is 2.82. The van der Waals surface area contributed by atoms with Crippen LogP contribution in [0.1, 0.15) is 27.4 Å². The quantitative estimate of drug-likeness (QED) is 0.703. The van der Waals surface area contributed by atoms with E-state index >= 15 is 0 Å². The number of carbonyl (C=O) groups excluding carboxylic acids is 1. The fraction of sp³-hybridized carbons (Fsp3) is 0.190. The molecule has 1 aromatic heterocycles. The Kier molecular flexibility index (Phi) is 5.35. The predicted octanol–water partition coefficient (Wildman–Crippen LogP) is 4.41. The molecule has 2 aromatic carbocycles. The molecular formula is C21H22N4O2. The normalized spacial score (nSPS) is 10.4. The number of benzene rings is 2. The van der Waals surface area contributed by atoms with Gasteiger partial charge < -0.3 is 15.4 Å². The molecule has 0 radical (unpaired) electrons. The number of carbonyl (C=O) groups is 1. The van der Waals surface area contributed by atoms with E-state index in [0.29, 0.717) is 23.1 Å². The lowest BCUT2D eigenvalue weighted by Gasteiger charge is -2.13. The number of nitrogens with one attached hydrogen (secondary N) is 2. The Morgan fingerprint density at radius 1 is 0.963 bits per heavy atom. The Morgan fingerprint density at radius 3 is 2.37 bits per heavy atom. The maximum absolute atomic E-state index is 12.7. The van der Waals surface area contributed by atoms with Crippen LogP contribution in [0.15, 0.2) is 48.5 Å². The lowest BCUT2D eigenvalue weighted by molar-refractivity contribution is 0.102. The molecule has 1 amide bonds. The summed E-state index contributed by atoms with van der Waals surface area (Å²) in [5, 5.41) is 6.14. The third-order valence-electron chi connectivity index (χ3n) is 4.16. The number of rotatable bonds is 5. The van der Waals surface area contributed by atoms with E-state index in [0.717, 1.165) is 22.5 Å². The molecule has 0 aliphatic heterocycles. The topological polar surface area (TPSA) is 76.1 Å². The fourth-order valence-corrected chi connectivity index (χ4v) is 2.82. The minimum absolute atomic E-state index is 0.277. The molecule has 0 fully saturated rings. The van der Waals surface area contributed by atoms with Gasteiger partial charge in [-0.1, -0.05) is 30.3 Å². The van der Waals surface area contributed by atoms with Crippen molar-refractivity contribution in [3.63, 3.8) is 0 Å². The molecule has 0 bridgehead atoms. The number of nitrogens with zero attached hydrogens (tertiary/aromatic N) is 2. The van der Waals surface area contributed by atoms with Crippen molar-refractivity contribution in [2.75, 3.05) is 17.7 Å². The number of aromatic nitrogens is 2. The highest BCUT2D eigenvalue weighted by Crippen LogP contribution is 2.26. The minimum Gasteiger partial charge on any atom is -0.495 e. The molecule has 0 aliphatic rings. The Bertz CT molecular complexity index is 965. The van der Waals surface area contributed by atoms with Gasteiger partial charge in [-0.3, -0.25) is 4.79 Å². The Hall–Kier alpha value is -3.41. The van der Waals surface area contributed by atoms with E-state index in [1.165, 1.54) is 0 Å². The molecule has 0 unspecified atom stereocenters. The molecule has 0 spiro atoms. The molecule has 1 heterocycles.